The molecule has 20 heavy (non-hydrogen) atoms. The van der Waals surface area contributed by atoms with E-state index in [9.17, 15) is 13.5 Å². The number of nitrogens with zero attached hydrogens (tertiary/aromatic N) is 2. The van der Waals surface area contributed by atoms with Crippen LogP contribution < -0.4 is 0 Å². The Balaban J connectivity index is 2.02. The van der Waals surface area contributed by atoms with Gasteiger partial charge in [-0.1, -0.05) is 6.92 Å². The third-order valence-corrected chi connectivity index (χ3v) is 7.03. The fourth-order valence-corrected chi connectivity index (χ4v) is 5.21. The minimum atomic E-state index is -3.34. The number of piperazine rings is 1. The van der Waals surface area contributed by atoms with Crippen molar-refractivity contribution in [1.29, 1.82) is 0 Å². The number of hydrogen-bond acceptors (Lipinski definition) is 5. The number of aliphatic hydroxyl groups is 1. The molecule has 0 saturated carbocycles. The maximum absolute atomic E-state index is 12.5. The summed E-state index contributed by atoms with van der Waals surface area (Å²) in [7, 11) is -3.34. The molecule has 1 saturated heterocycles. The second-order valence-corrected chi connectivity index (χ2v) is 8.46. The van der Waals surface area contributed by atoms with E-state index in [1.54, 1.807) is 17.3 Å². The normalized spacial score (nSPS) is 20.1. The molecule has 0 amide bonds. The van der Waals surface area contributed by atoms with Crippen molar-refractivity contribution >= 4 is 21.4 Å². The summed E-state index contributed by atoms with van der Waals surface area (Å²) in [6.45, 7) is 6.72. The molecule has 5 nitrogen and oxygen atoms in total. The van der Waals surface area contributed by atoms with Crippen molar-refractivity contribution in [2.45, 2.75) is 30.6 Å². The summed E-state index contributed by atoms with van der Waals surface area (Å²) < 4.78 is 27.0. The highest BCUT2D eigenvalue weighted by atomic mass is 32.2. The molecule has 1 atom stereocenters. The Hall–Kier alpha value is -0.470. The van der Waals surface area contributed by atoms with Crippen LogP contribution in [-0.2, 0) is 16.4 Å². The van der Waals surface area contributed by atoms with Gasteiger partial charge in [-0.05, 0) is 25.5 Å². The Morgan fingerprint density at radius 3 is 2.45 bits per heavy atom. The molecule has 1 aromatic heterocycles. The standard InChI is InChI=1S/C13H22N2O3S2/c1-3-12-4-5-13(19-12)20(17,18)15-8-6-14(7-9-15)10-11(2)16/h4-5,11,16H,3,6-10H2,1-2H3/t11-/m1/s1. The molecule has 7 heteroatoms. The van der Waals surface area contributed by atoms with Crippen LogP contribution in [0.3, 0.4) is 0 Å². The van der Waals surface area contributed by atoms with Gasteiger partial charge in [-0.2, -0.15) is 4.31 Å². The molecule has 1 aliphatic rings. The van der Waals surface area contributed by atoms with Gasteiger partial charge in [0.25, 0.3) is 10.0 Å². The fourth-order valence-electron chi connectivity index (χ4n) is 2.34. The maximum atomic E-state index is 12.5. The zero-order chi connectivity index (χ0) is 14.8. The van der Waals surface area contributed by atoms with Crippen molar-refractivity contribution in [2.75, 3.05) is 32.7 Å². The lowest BCUT2D eigenvalue weighted by atomic mass is 10.3. The fraction of sp³-hybridized carbons (Fsp3) is 0.692. The number of aryl methyl sites for hydroxylation is 1. The van der Waals surface area contributed by atoms with Crippen LogP contribution in [0.5, 0.6) is 0 Å². The Morgan fingerprint density at radius 2 is 1.95 bits per heavy atom. The first kappa shape index (κ1) is 15.9. The molecule has 0 radical (unpaired) electrons. The first-order valence-electron chi connectivity index (χ1n) is 6.92. The van der Waals surface area contributed by atoms with E-state index in [0.29, 0.717) is 36.9 Å². The molecule has 2 rings (SSSR count). The monoisotopic (exact) mass is 318 g/mol. The van der Waals surface area contributed by atoms with Crippen molar-refractivity contribution in [3.63, 3.8) is 0 Å². The van der Waals surface area contributed by atoms with Gasteiger partial charge < -0.3 is 5.11 Å². The number of β-amino-alcohol motifs (C(OH)–C–C–N with tert-alkyl or cyclic N) is 1. The third-order valence-electron chi connectivity index (χ3n) is 3.43. The Labute approximate surface area is 124 Å². The summed E-state index contributed by atoms with van der Waals surface area (Å²) in [5.41, 5.74) is 0. The highest BCUT2D eigenvalue weighted by Crippen LogP contribution is 2.25. The molecule has 1 aliphatic heterocycles. The summed E-state index contributed by atoms with van der Waals surface area (Å²) in [5.74, 6) is 0. The van der Waals surface area contributed by atoms with Crippen molar-refractivity contribution in [3.05, 3.63) is 17.0 Å². The molecular weight excluding hydrogens is 296 g/mol. The largest absolute Gasteiger partial charge is 0.392 e. The summed E-state index contributed by atoms with van der Waals surface area (Å²) in [4.78, 5) is 3.19. The average Bonchev–Trinajstić information content (AvgIpc) is 2.88. The quantitative estimate of drug-likeness (QED) is 0.880. The van der Waals surface area contributed by atoms with E-state index in [4.69, 9.17) is 0 Å². The van der Waals surface area contributed by atoms with Crippen molar-refractivity contribution in [1.82, 2.24) is 9.21 Å². The first-order chi connectivity index (χ1) is 9.43. The van der Waals surface area contributed by atoms with Gasteiger partial charge in [-0.3, -0.25) is 4.90 Å². The van der Waals surface area contributed by atoms with Crippen LogP contribution in [0.1, 0.15) is 18.7 Å². The zero-order valence-corrected chi connectivity index (χ0v) is 13.6. The Morgan fingerprint density at radius 1 is 1.30 bits per heavy atom. The van der Waals surface area contributed by atoms with Gasteiger partial charge in [0.15, 0.2) is 0 Å². The molecule has 1 aromatic rings. The van der Waals surface area contributed by atoms with E-state index >= 15 is 0 Å². The molecule has 114 valence electrons. The number of hydrogen-bond donors (Lipinski definition) is 1. The highest BCUT2D eigenvalue weighted by molar-refractivity contribution is 7.91. The van der Waals surface area contributed by atoms with Gasteiger partial charge in [0.2, 0.25) is 0 Å². The van der Waals surface area contributed by atoms with Gasteiger partial charge >= 0.3 is 0 Å². The van der Waals surface area contributed by atoms with Gasteiger partial charge in [0.05, 0.1) is 6.10 Å². The molecular formula is C13H22N2O3S2. The predicted molar refractivity (Wildman–Crippen MR) is 80.6 cm³/mol. The van der Waals surface area contributed by atoms with E-state index in [-0.39, 0.29) is 6.10 Å². The molecule has 0 aromatic carbocycles. The number of rotatable bonds is 5. The van der Waals surface area contributed by atoms with Gasteiger partial charge in [-0.25, -0.2) is 8.42 Å². The molecule has 1 N–H and O–H groups in total. The van der Waals surface area contributed by atoms with Crippen LogP contribution in [0.4, 0.5) is 0 Å². The molecule has 0 aliphatic carbocycles. The lowest BCUT2D eigenvalue weighted by molar-refractivity contribution is 0.103. The Kier molecular flexibility index (Phi) is 5.19. The highest BCUT2D eigenvalue weighted by Gasteiger charge is 2.29. The molecule has 2 heterocycles. The van der Waals surface area contributed by atoms with Gasteiger partial charge in [0.1, 0.15) is 4.21 Å². The summed E-state index contributed by atoms with van der Waals surface area (Å²) in [5, 5.41) is 9.37. The first-order valence-corrected chi connectivity index (χ1v) is 9.18. The van der Waals surface area contributed by atoms with Crippen LogP contribution in [0.2, 0.25) is 0 Å². The van der Waals surface area contributed by atoms with Crippen LogP contribution >= 0.6 is 11.3 Å². The van der Waals surface area contributed by atoms with Crippen molar-refractivity contribution in [3.8, 4) is 0 Å². The molecule has 0 bridgehead atoms. The summed E-state index contributed by atoms with van der Waals surface area (Å²) in [6.07, 6.45) is 0.491. The van der Waals surface area contributed by atoms with E-state index < -0.39 is 10.0 Å². The topological polar surface area (TPSA) is 60.9 Å². The Bertz CT molecular complexity index is 532. The van der Waals surface area contributed by atoms with E-state index in [2.05, 4.69) is 4.90 Å². The van der Waals surface area contributed by atoms with Crippen LogP contribution in [0.25, 0.3) is 0 Å². The lowest BCUT2D eigenvalue weighted by Crippen LogP contribution is -2.49. The number of sulfonamides is 1. The van der Waals surface area contributed by atoms with Crippen molar-refractivity contribution in [2.24, 2.45) is 0 Å². The van der Waals surface area contributed by atoms with E-state index in [1.165, 1.54) is 11.3 Å². The zero-order valence-electron chi connectivity index (χ0n) is 11.9. The second-order valence-electron chi connectivity index (χ2n) is 5.13. The van der Waals surface area contributed by atoms with Crippen LogP contribution in [0.15, 0.2) is 16.3 Å². The smallest absolute Gasteiger partial charge is 0.252 e. The lowest BCUT2D eigenvalue weighted by Gasteiger charge is -2.34. The van der Waals surface area contributed by atoms with Crippen LogP contribution in [0, 0.1) is 0 Å². The second kappa shape index (κ2) is 6.53. The molecule has 0 unspecified atom stereocenters. The third kappa shape index (κ3) is 3.59. The molecule has 0 spiro atoms. The SMILES string of the molecule is CCc1ccc(S(=O)(=O)N2CCN(C[C@@H](C)O)CC2)s1. The number of aliphatic hydroxyl groups excluding tert-OH is 1. The van der Waals surface area contributed by atoms with Crippen molar-refractivity contribution < 1.29 is 13.5 Å². The summed E-state index contributed by atoms with van der Waals surface area (Å²) in [6, 6.07) is 3.60. The minimum Gasteiger partial charge on any atom is -0.392 e. The average molecular weight is 318 g/mol. The van der Waals surface area contributed by atoms with Crippen LogP contribution in [-0.4, -0.2) is 61.6 Å². The van der Waals surface area contributed by atoms with Gasteiger partial charge in [-0.15, -0.1) is 11.3 Å². The predicted octanol–water partition coefficient (Wildman–Crippen LogP) is 0.998. The van der Waals surface area contributed by atoms with E-state index in [0.717, 1.165) is 11.3 Å². The van der Waals surface area contributed by atoms with E-state index in [1.807, 2.05) is 13.0 Å². The molecule has 1 fully saturated rings. The minimum absolute atomic E-state index is 0.373. The maximum Gasteiger partial charge on any atom is 0.252 e. The number of thiophene rings is 1. The van der Waals surface area contributed by atoms with Gasteiger partial charge in [0, 0.05) is 37.6 Å². The summed E-state index contributed by atoms with van der Waals surface area (Å²) >= 11 is 1.36.